The zero-order valence-electron chi connectivity index (χ0n) is 11.2. The maximum atomic E-state index is 5.68. The maximum Gasteiger partial charge on any atom is 0.158 e. The number of hydrogen-bond donors (Lipinski definition) is 1. The minimum atomic E-state index is 0.519. The summed E-state index contributed by atoms with van der Waals surface area (Å²) in [5.74, 6) is 2.51. The Morgan fingerprint density at radius 1 is 1.42 bits per heavy atom. The van der Waals surface area contributed by atoms with Gasteiger partial charge in [0, 0.05) is 13.2 Å². The van der Waals surface area contributed by atoms with Crippen LogP contribution in [0.1, 0.15) is 32.0 Å². The second kappa shape index (κ2) is 5.84. The molecular formula is C14H19N3OS. The first-order valence-electron chi connectivity index (χ1n) is 6.92. The molecule has 19 heavy (non-hydrogen) atoms. The van der Waals surface area contributed by atoms with Gasteiger partial charge in [0.05, 0.1) is 5.39 Å². The topological polar surface area (TPSA) is 47.0 Å². The summed E-state index contributed by atoms with van der Waals surface area (Å²) in [6.07, 6.45) is 3.71. The van der Waals surface area contributed by atoms with Crippen molar-refractivity contribution in [1.82, 2.24) is 9.97 Å². The Balaban J connectivity index is 1.74. The number of rotatable bonds is 7. The normalized spacial score (nSPS) is 15.0. The van der Waals surface area contributed by atoms with E-state index in [2.05, 4.69) is 33.7 Å². The molecule has 4 nitrogen and oxygen atoms in total. The summed E-state index contributed by atoms with van der Waals surface area (Å²) < 4.78 is 5.68. The fourth-order valence-electron chi connectivity index (χ4n) is 1.94. The highest BCUT2D eigenvalue weighted by Gasteiger charge is 2.21. The molecule has 2 aromatic rings. The van der Waals surface area contributed by atoms with Crippen LogP contribution in [-0.4, -0.2) is 23.1 Å². The minimum absolute atomic E-state index is 0.519. The molecule has 0 bridgehead atoms. The zero-order chi connectivity index (χ0) is 13.1. The maximum absolute atomic E-state index is 5.68. The summed E-state index contributed by atoms with van der Waals surface area (Å²) in [6.45, 7) is 4.46. The third-order valence-electron chi connectivity index (χ3n) is 3.20. The molecule has 5 heteroatoms. The van der Waals surface area contributed by atoms with Crippen molar-refractivity contribution in [1.29, 1.82) is 0 Å². The third-order valence-corrected chi connectivity index (χ3v) is 4.00. The van der Waals surface area contributed by atoms with Crippen LogP contribution in [0, 0.1) is 5.92 Å². The molecule has 2 heterocycles. The van der Waals surface area contributed by atoms with Gasteiger partial charge in [-0.15, -0.1) is 11.3 Å². The van der Waals surface area contributed by atoms with Gasteiger partial charge in [-0.05, 0) is 36.6 Å². The van der Waals surface area contributed by atoms with Crippen molar-refractivity contribution < 1.29 is 4.74 Å². The highest BCUT2D eigenvalue weighted by atomic mass is 32.1. The van der Waals surface area contributed by atoms with E-state index in [9.17, 15) is 0 Å². The third kappa shape index (κ3) is 3.22. The molecule has 1 saturated carbocycles. The van der Waals surface area contributed by atoms with Crippen LogP contribution >= 0.6 is 11.3 Å². The summed E-state index contributed by atoms with van der Waals surface area (Å²) in [5.41, 5.74) is 0. The summed E-state index contributed by atoms with van der Waals surface area (Å²) in [6, 6.07) is 2.08. The predicted octanol–water partition coefficient (Wildman–Crippen LogP) is 3.44. The van der Waals surface area contributed by atoms with Crippen molar-refractivity contribution in [3.05, 3.63) is 17.3 Å². The Kier molecular flexibility index (Phi) is 3.94. The summed E-state index contributed by atoms with van der Waals surface area (Å²) >= 11 is 1.65. The van der Waals surface area contributed by atoms with Crippen LogP contribution in [0.15, 0.2) is 11.4 Å². The predicted molar refractivity (Wildman–Crippen MR) is 78.6 cm³/mol. The van der Waals surface area contributed by atoms with E-state index in [1.165, 1.54) is 12.8 Å². The first-order chi connectivity index (χ1) is 9.36. The highest BCUT2D eigenvalue weighted by Crippen LogP contribution is 2.29. The van der Waals surface area contributed by atoms with Crippen LogP contribution in [0.4, 0.5) is 5.82 Å². The number of ether oxygens (including phenoxy) is 1. The molecule has 1 fully saturated rings. The average Bonchev–Trinajstić information content (AvgIpc) is 3.11. The standard InChI is InChI=1S/C14H19N3OS/c1-2-6-15-13-11-5-7-19-14(11)17-12(16-13)9-18-8-10-3-4-10/h5,7,10H,2-4,6,8-9H2,1H3,(H,15,16,17). The highest BCUT2D eigenvalue weighted by molar-refractivity contribution is 7.16. The smallest absolute Gasteiger partial charge is 0.158 e. The first-order valence-corrected chi connectivity index (χ1v) is 7.80. The molecule has 3 rings (SSSR count). The molecular weight excluding hydrogens is 258 g/mol. The van der Waals surface area contributed by atoms with Crippen molar-refractivity contribution in [2.45, 2.75) is 32.8 Å². The van der Waals surface area contributed by atoms with Gasteiger partial charge >= 0.3 is 0 Å². The Bertz CT molecular complexity index is 551. The SMILES string of the molecule is CCCNc1nc(COCC2CC2)nc2sccc12. The molecule has 1 N–H and O–H groups in total. The molecule has 0 radical (unpaired) electrons. The summed E-state index contributed by atoms with van der Waals surface area (Å²) in [5, 5.41) is 6.55. The summed E-state index contributed by atoms with van der Waals surface area (Å²) in [4.78, 5) is 10.2. The van der Waals surface area contributed by atoms with Gasteiger partial charge in [0.1, 0.15) is 17.3 Å². The number of hydrogen-bond acceptors (Lipinski definition) is 5. The van der Waals surface area contributed by atoms with E-state index in [4.69, 9.17) is 4.74 Å². The second-order valence-electron chi connectivity index (χ2n) is 5.01. The van der Waals surface area contributed by atoms with Crippen molar-refractivity contribution >= 4 is 27.4 Å². The fraction of sp³-hybridized carbons (Fsp3) is 0.571. The molecule has 0 aromatic carbocycles. The first kappa shape index (κ1) is 12.8. The number of anilines is 1. The number of fused-ring (bicyclic) bond motifs is 1. The van der Waals surface area contributed by atoms with Crippen LogP contribution in [0.2, 0.25) is 0 Å². The van der Waals surface area contributed by atoms with Crippen LogP contribution < -0.4 is 5.32 Å². The molecule has 102 valence electrons. The van der Waals surface area contributed by atoms with Gasteiger partial charge in [0.2, 0.25) is 0 Å². The number of aromatic nitrogens is 2. The Labute approximate surface area is 117 Å². The van der Waals surface area contributed by atoms with E-state index in [1.807, 2.05) is 0 Å². The molecule has 0 saturated heterocycles. The van der Waals surface area contributed by atoms with Gasteiger partial charge in [0.15, 0.2) is 5.82 Å². The Morgan fingerprint density at radius 3 is 3.11 bits per heavy atom. The monoisotopic (exact) mass is 277 g/mol. The van der Waals surface area contributed by atoms with Crippen LogP contribution in [0.25, 0.3) is 10.2 Å². The average molecular weight is 277 g/mol. The lowest BCUT2D eigenvalue weighted by atomic mass is 10.3. The van der Waals surface area contributed by atoms with E-state index in [-0.39, 0.29) is 0 Å². The molecule has 1 aliphatic carbocycles. The molecule has 0 unspecified atom stereocenters. The quantitative estimate of drug-likeness (QED) is 0.842. The van der Waals surface area contributed by atoms with Crippen molar-refractivity contribution in [2.75, 3.05) is 18.5 Å². The number of nitrogens with one attached hydrogen (secondary N) is 1. The van der Waals surface area contributed by atoms with Gasteiger partial charge in [-0.1, -0.05) is 6.92 Å². The van der Waals surface area contributed by atoms with Gasteiger partial charge < -0.3 is 10.1 Å². The van der Waals surface area contributed by atoms with Gasteiger partial charge in [0.25, 0.3) is 0 Å². The largest absolute Gasteiger partial charge is 0.373 e. The van der Waals surface area contributed by atoms with Crippen LogP contribution in [0.3, 0.4) is 0 Å². The number of nitrogens with zero attached hydrogens (tertiary/aromatic N) is 2. The van der Waals surface area contributed by atoms with Gasteiger partial charge in [-0.3, -0.25) is 0 Å². The zero-order valence-corrected chi connectivity index (χ0v) is 12.0. The molecule has 0 aliphatic heterocycles. The van der Waals surface area contributed by atoms with Crippen molar-refractivity contribution in [2.24, 2.45) is 5.92 Å². The fourth-order valence-corrected chi connectivity index (χ4v) is 2.73. The second-order valence-corrected chi connectivity index (χ2v) is 5.91. The van der Waals surface area contributed by atoms with Crippen LogP contribution in [0.5, 0.6) is 0 Å². The van der Waals surface area contributed by atoms with E-state index >= 15 is 0 Å². The van der Waals surface area contributed by atoms with E-state index in [0.29, 0.717) is 6.61 Å². The van der Waals surface area contributed by atoms with Gasteiger partial charge in [-0.2, -0.15) is 0 Å². The van der Waals surface area contributed by atoms with Crippen molar-refractivity contribution in [3.63, 3.8) is 0 Å². The van der Waals surface area contributed by atoms with E-state index in [1.54, 1.807) is 11.3 Å². The molecule has 2 aromatic heterocycles. The Morgan fingerprint density at radius 2 is 2.32 bits per heavy atom. The van der Waals surface area contributed by atoms with Gasteiger partial charge in [-0.25, -0.2) is 9.97 Å². The van der Waals surface area contributed by atoms with E-state index in [0.717, 1.165) is 47.3 Å². The van der Waals surface area contributed by atoms with E-state index < -0.39 is 0 Å². The lowest BCUT2D eigenvalue weighted by molar-refractivity contribution is 0.106. The summed E-state index contributed by atoms with van der Waals surface area (Å²) in [7, 11) is 0. The minimum Gasteiger partial charge on any atom is -0.373 e. The van der Waals surface area contributed by atoms with Crippen molar-refractivity contribution in [3.8, 4) is 0 Å². The molecule has 1 aliphatic rings. The van der Waals surface area contributed by atoms with Crippen LogP contribution in [-0.2, 0) is 11.3 Å². The molecule has 0 amide bonds. The number of thiophene rings is 1. The lowest BCUT2D eigenvalue weighted by Crippen LogP contribution is -2.07. The Hall–Kier alpha value is -1.20. The lowest BCUT2D eigenvalue weighted by Gasteiger charge is -2.08. The molecule has 0 atom stereocenters. The molecule has 0 spiro atoms.